The molecule has 0 atom stereocenters. The summed E-state index contributed by atoms with van der Waals surface area (Å²) in [6.07, 6.45) is 2.13. The molecule has 0 bridgehead atoms. The van der Waals surface area contributed by atoms with Crippen molar-refractivity contribution < 1.29 is 4.42 Å². The van der Waals surface area contributed by atoms with E-state index in [9.17, 15) is 9.59 Å². The summed E-state index contributed by atoms with van der Waals surface area (Å²) < 4.78 is 8.20. The van der Waals surface area contributed by atoms with Crippen LogP contribution in [0.4, 0.5) is 0 Å². The van der Waals surface area contributed by atoms with Crippen LogP contribution in [-0.2, 0) is 13.6 Å². The third-order valence-corrected chi connectivity index (χ3v) is 3.97. The second kappa shape index (κ2) is 4.66. The standard InChI is InChI=1S/C15H14N4O3/c1-18-14(20)10-4-2-3-5-11(10)15(21)19(18)8-12-16-17-13(22-12)9-6-7-9/h2-5,9H,6-8H2,1H3. The van der Waals surface area contributed by atoms with Crippen LogP contribution >= 0.6 is 0 Å². The molecule has 2 aromatic heterocycles. The van der Waals surface area contributed by atoms with Crippen molar-refractivity contribution in [1.82, 2.24) is 19.6 Å². The van der Waals surface area contributed by atoms with Gasteiger partial charge in [0.15, 0.2) is 0 Å². The van der Waals surface area contributed by atoms with Crippen molar-refractivity contribution in [3.8, 4) is 0 Å². The van der Waals surface area contributed by atoms with Crippen LogP contribution in [-0.4, -0.2) is 19.6 Å². The summed E-state index contributed by atoms with van der Waals surface area (Å²) in [5, 5.41) is 8.78. The monoisotopic (exact) mass is 298 g/mol. The maximum atomic E-state index is 12.6. The number of benzene rings is 1. The first-order chi connectivity index (χ1) is 10.6. The summed E-state index contributed by atoms with van der Waals surface area (Å²) in [6.45, 7) is 0.0924. The van der Waals surface area contributed by atoms with Gasteiger partial charge >= 0.3 is 0 Å². The van der Waals surface area contributed by atoms with Gasteiger partial charge in [0.2, 0.25) is 11.8 Å². The maximum absolute atomic E-state index is 12.6. The highest BCUT2D eigenvalue weighted by molar-refractivity contribution is 5.80. The van der Waals surface area contributed by atoms with E-state index in [0.717, 1.165) is 12.8 Å². The Morgan fingerprint density at radius 3 is 2.50 bits per heavy atom. The van der Waals surface area contributed by atoms with E-state index >= 15 is 0 Å². The van der Waals surface area contributed by atoms with Gasteiger partial charge in [0.05, 0.1) is 10.8 Å². The first kappa shape index (κ1) is 13.0. The van der Waals surface area contributed by atoms with E-state index in [1.165, 1.54) is 9.36 Å². The highest BCUT2D eigenvalue weighted by Gasteiger charge is 2.29. The molecule has 7 nitrogen and oxygen atoms in total. The second-order valence-electron chi connectivity index (χ2n) is 5.55. The van der Waals surface area contributed by atoms with Gasteiger partial charge in [0, 0.05) is 13.0 Å². The predicted octanol–water partition coefficient (Wildman–Crippen LogP) is 1.01. The molecule has 0 N–H and O–H groups in total. The lowest BCUT2D eigenvalue weighted by Gasteiger charge is -2.10. The third kappa shape index (κ3) is 1.97. The van der Waals surface area contributed by atoms with Crippen molar-refractivity contribution in [3.63, 3.8) is 0 Å². The summed E-state index contributed by atoms with van der Waals surface area (Å²) in [7, 11) is 1.56. The zero-order valence-corrected chi connectivity index (χ0v) is 12.0. The van der Waals surface area contributed by atoms with Gasteiger partial charge in [-0.05, 0) is 25.0 Å². The lowest BCUT2D eigenvalue weighted by atomic mass is 10.2. The summed E-state index contributed by atoms with van der Waals surface area (Å²) in [5.41, 5.74) is -0.471. The normalized spacial score (nSPS) is 14.6. The molecular weight excluding hydrogens is 284 g/mol. The van der Waals surface area contributed by atoms with Crippen LogP contribution < -0.4 is 11.1 Å². The van der Waals surface area contributed by atoms with E-state index in [1.807, 2.05) is 0 Å². The van der Waals surface area contributed by atoms with Crippen molar-refractivity contribution in [2.24, 2.45) is 7.05 Å². The molecule has 0 aliphatic heterocycles. The van der Waals surface area contributed by atoms with Gasteiger partial charge in [0.1, 0.15) is 6.54 Å². The molecule has 3 aromatic rings. The number of fused-ring (bicyclic) bond motifs is 1. The molecule has 0 unspecified atom stereocenters. The summed E-state index contributed by atoms with van der Waals surface area (Å²) in [5.74, 6) is 1.32. The van der Waals surface area contributed by atoms with Gasteiger partial charge in [-0.3, -0.25) is 9.59 Å². The minimum atomic E-state index is -0.246. The average molecular weight is 298 g/mol. The molecule has 1 aromatic carbocycles. The Kier molecular flexibility index (Phi) is 2.75. The second-order valence-corrected chi connectivity index (χ2v) is 5.55. The largest absolute Gasteiger partial charge is 0.423 e. The molecule has 4 rings (SSSR count). The van der Waals surface area contributed by atoms with Crippen LogP contribution in [0.3, 0.4) is 0 Å². The molecule has 2 heterocycles. The Labute approximate surface area is 124 Å². The molecule has 112 valence electrons. The zero-order valence-electron chi connectivity index (χ0n) is 12.0. The molecule has 0 saturated heterocycles. The Hall–Kier alpha value is -2.70. The fourth-order valence-electron chi connectivity index (χ4n) is 2.55. The number of rotatable bonds is 3. The van der Waals surface area contributed by atoms with Gasteiger partial charge < -0.3 is 4.42 Å². The van der Waals surface area contributed by atoms with Gasteiger partial charge in [-0.2, -0.15) is 0 Å². The van der Waals surface area contributed by atoms with Gasteiger partial charge in [-0.15, -0.1) is 10.2 Å². The van der Waals surface area contributed by atoms with E-state index in [-0.39, 0.29) is 17.7 Å². The Morgan fingerprint density at radius 2 is 1.82 bits per heavy atom. The molecule has 0 radical (unpaired) electrons. The summed E-state index contributed by atoms with van der Waals surface area (Å²) in [4.78, 5) is 24.9. The molecule has 22 heavy (non-hydrogen) atoms. The van der Waals surface area contributed by atoms with Crippen molar-refractivity contribution in [2.45, 2.75) is 25.3 Å². The lowest BCUT2D eigenvalue weighted by Crippen LogP contribution is -2.37. The van der Waals surface area contributed by atoms with Crippen molar-refractivity contribution in [2.75, 3.05) is 0 Å². The van der Waals surface area contributed by atoms with Gasteiger partial charge in [-0.1, -0.05) is 12.1 Å². The molecule has 1 aliphatic rings. The first-order valence-corrected chi connectivity index (χ1v) is 7.16. The topological polar surface area (TPSA) is 82.9 Å². The Morgan fingerprint density at radius 1 is 1.14 bits per heavy atom. The minimum absolute atomic E-state index is 0.0924. The summed E-state index contributed by atoms with van der Waals surface area (Å²) >= 11 is 0. The van der Waals surface area contributed by atoms with Crippen molar-refractivity contribution >= 4 is 10.8 Å². The third-order valence-electron chi connectivity index (χ3n) is 3.97. The van der Waals surface area contributed by atoms with Crippen LogP contribution in [0.15, 0.2) is 38.3 Å². The molecule has 0 spiro atoms. The lowest BCUT2D eigenvalue weighted by molar-refractivity contribution is 0.401. The van der Waals surface area contributed by atoms with Gasteiger partial charge in [-0.25, -0.2) is 9.36 Å². The summed E-state index contributed by atoms with van der Waals surface area (Å²) in [6, 6.07) is 6.79. The van der Waals surface area contributed by atoms with E-state index in [0.29, 0.717) is 28.5 Å². The van der Waals surface area contributed by atoms with Crippen molar-refractivity contribution in [1.29, 1.82) is 0 Å². The molecule has 1 fully saturated rings. The fourth-order valence-corrected chi connectivity index (χ4v) is 2.55. The highest BCUT2D eigenvalue weighted by atomic mass is 16.4. The van der Waals surface area contributed by atoms with Crippen molar-refractivity contribution in [3.05, 3.63) is 56.8 Å². The van der Waals surface area contributed by atoms with E-state index in [4.69, 9.17) is 4.42 Å². The number of hydrogen-bond acceptors (Lipinski definition) is 5. The quantitative estimate of drug-likeness (QED) is 0.720. The van der Waals surface area contributed by atoms with Crippen LogP contribution in [0.25, 0.3) is 10.8 Å². The number of aromatic nitrogens is 4. The minimum Gasteiger partial charge on any atom is -0.423 e. The molecule has 0 amide bonds. The number of hydrogen-bond donors (Lipinski definition) is 0. The predicted molar refractivity (Wildman–Crippen MR) is 78.8 cm³/mol. The average Bonchev–Trinajstić information content (AvgIpc) is 3.29. The first-order valence-electron chi connectivity index (χ1n) is 7.16. The molecular formula is C15H14N4O3. The highest BCUT2D eigenvalue weighted by Crippen LogP contribution is 2.38. The SMILES string of the molecule is Cn1c(=O)c2ccccc2c(=O)n1Cc1nnc(C2CC2)o1. The molecule has 1 aliphatic carbocycles. The van der Waals surface area contributed by atoms with Crippen LogP contribution in [0.5, 0.6) is 0 Å². The molecule has 1 saturated carbocycles. The maximum Gasteiger partial charge on any atom is 0.273 e. The van der Waals surface area contributed by atoms with Crippen LogP contribution in [0, 0.1) is 0 Å². The zero-order chi connectivity index (χ0) is 15.3. The molecule has 7 heteroatoms. The fraction of sp³-hybridized carbons (Fsp3) is 0.333. The number of nitrogens with zero attached hydrogens (tertiary/aromatic N) is 4. The Balaban J connectivity index is 1.83. The van der Waals surface area contributed by atoms with E-state index in [2.05, 4.69) is 10.2 Å². The van der Waals surface area contributed by atoms with Gasteiger partial charge in [0.25, 0.3) is 11.1 Å². The van der Waals surface area contributed by atoms with Crippen LogP contribution in [0.2, 0.25) is 0 Å². The van der Waals surface area contributed by atoms with E-state index in [1.54, 1.807) is 31.3 Å². The van der Waals surface area contributed by atoms with Crippen LogP contribution in [0.1, 0.15) is 30.5 Å². The van der Waals surface area contributed by atoms with E-state index < -0.39 is 0 Å². The Bertz CT molecular complexity index is 978. The smallest absolute Gasteiger partial charge is 0.273 e.